The van der Waals surface area contributed by atoms with Gasteiger partial charge in [-0.3, -0.25) is 4.99 Å². The number of hydrogen-bond acceptors (Lipinski definition) is 5. The smallest absolute Gasteiger partial charge is 0.345 e. The number of esters is 1. The molecular weight excluding hydrogens is 260 g/mol. The lowest BCUT2D eigenvalue weighted by atomic mass is 10.1. The molecule has 0 heterocycles. The van der Waals surface area contributed by atoms with Gasteiger partial charge in [-0.2, -0.15) is 0 Å². The molecule has 0 saturated heterocycles. The Morgan fingerprint density at radius 1 is 1.35 bits per heavy atom. The first kappa shape index (κ1) is 15.7. The highest BCUT2D eigenvalue weighted by atomic mass is 16.5. The summed E-state index contributed by atoms with van der Waals surface area (Å²) in [5.41, 5.74) is 5.92. The van der Waals surface area contributed by atoms with Crippen LogP contribution in [0.25, 0.3) is 5.76 Å². The van der Waals surface area contributed by atoms with Gasteiger partial charge in [-0.25, -0.2) is 4.79 Å². The molecule has 0 aromatic heterocycles. The van der Waals surface area contributed by atoms with E-state index in [4.69, 9.17) is 15.6 Å². The molecule has 0 aliphatic carbocycles. The van der Waals surface area contributed by atoms with Gasteiger partial charge in [-0.05, 0) is 6.92 Å². The molecule has 1 aromatic carbocycles. The highest BCUT2D eigenvalue weighted by Gasteiger charge is 2.21. The van der Waals surface area contributed by atoms with E-state index in [-0.39, 0.29) is 36.9 Å². The fourth-order valence-corrected chi connectivity index (χ4v) is 1.52. The van der Waals surface area contributed by atoms with Crippen LogP contribution in [-0.4, -0.2) is 41.8 Å². The lowest BCUT2D eigenvalue weighted by molar-refractivity contribution is -0.137. The second-order valence-electron chi connectivity index (χ2n) is 3.80. The van der Waals surface area contributed by atoms with Crippen molar-refractivity contribution in [3.63, 3.8) is 0 Å². The van der Waals surface area contributed by atoms with E-state index in [0.29, 0.717) is 5.56 Å². The minimum absolute atomic E-state index is 0.0385. The molecule has 0 aliphatic rings. The maximum Gasteiger partial charge on any atom is 0.345 e. The second kappa shape index (κ2) is 7.96. The molecule has 0 spiro atoms. The first-order chi connectivity index (χ1) is 9.61. The number of rotatable bonds is 6. The number of carbonyl (C=O) groups is 1. The van der Waals surface area contributed by atoms with Crippen LogP contribution in [0.3, 0.4) is 0 Å². The Bertz CT molecular complexity index is 509. The third-order valence-corrected chi connectivity index (χ3v) is 2.40. The maximum atomic E-state index is 11.9. The SMILES string of the molecule is CCOC(=O)C(C(N)=NCCO)=C(O)c1ccccc1. The van der Waals surface area contributed by atoms with Crippen molar-refractivity contribution in [2.75, 3.05) is 19.8 Å². The number of carbonyl (C=O) groups excluding carboxylic acids is 1. The zero-order valence-electron chi connectivity index (χ0n) is 11.2. The van der Waals surface area contributed by atoms with Gasteiger partial charge in [0.2, 0.25) is 0 Å². The summed E-state index contributed by atoms with van der Waals surface area (Å²) in [4.78, 5) is 15.7. The van der Waals surface area contributed by atoms with Crippen LogP contribution in [0.2, 0.25) is 0 Å². The molecule has 0 radical (unpaired) electrons. The molecule has 108 valence electrons. The number of nitrogens with zero attached hydrogens (tertiary/aromatic N) is 1. The molecule has 6 heteroatoms. The van der Waals surface area contributed by atoms with Gasteiger partial charge in [0.15, 0.2) is 0 Å². The largest absolute Gasteiger partial charge is 0.506 e. The minimum atomic E-state index is -0.756. The third kappa shape index (κ3) is 4.10. The summed E-state index contributed by atoms with van der Waals surface area (Å²) in [6.07, 6.45) is 0. The summed E-state index contributed by atoms with van der Waals surface area (Å²) >= 11 is 0. The lowest BCUT2D eigenvalue weighted by Gasteiger charge is -2.10. The average molecular weight is 278 g/mol. The quantitative estimate of drug-likeness (QED) is 0.235. The lowest BCUT2D eigenvalue weighted by Crippen LogP contribution is -2.25. The van der Waals surface area contributed by atoms with Crippen molar-refractivity contribution in [3.05, 3.63) is 41.5 Å². The van der Waals surface area contributed by atoms with E-state index in [1.54, 1.807) is 37.3 Å². The molecule has 0 saturated carbocycles. The van der Waals surface area contributed by atoms with E-state index in [2.05, 4.69) is 4.99 Å². The van der Waals surface area contributed by atoms with Crippen molar-refractivity contribution in [2.45, 2.75) is 6.92 Å². The molecular formula is C14H18N2O4. The Morgan fingerprint density at radius 2 is 2.00 bits per heavy atom. The fourth-order valence-electron chi connectivity index (χ4n) is 1.52. The number of nitrogens with two attached hydrogens (primary N) is 1. The van der Waals surface area contributed by atoms with Gasteiger partial charge in [-0.1, -0.05) is 30.3 Å². The zero-order valence-corrected chi connectivity index (χ0v) is 11.2. The number of hydrogen-bond donors (Lipinski definition) is 3. The van der Waals surface area contributed by atoms with E-state index >= 15 is 0 Å². The van der Waals surface area contributed by atoms with Crippen molar-refractivity contribution >= 4 is 17.6 Å². The highest BCUT2D eigenvalue weighted by Crippen LogP contribution is 2.17. The normalized spacial score (nSPS) is 12.8. The Hall–Kier alpha value is -2.34. The molecule has 0 fully saturated rings. The fraction of sp³-hybridized carbons (Fsp3) is 0.286. The molecule has 1 rings (SSSR count). The maximum absolute atomic E-state index is 11.9. The standard InChI is InChI=1S/C14H18N2O4/c1-2-20-14(19)11(13(15)16-8-9-17)12(18)10-6-4-3-5-7-10/h3-7,17-18H,2,8-9H2,1H3,(H2,15,16). The zero-order chi connectivity index (χ0) is 15.0. The van der Waals surface area contributed by atoms with Crippen LogP contribution >= 0.6 is 0 Å². The number of aliphatic hydroxyl groups is 2. The summed E-state index contributed by atoms with van der Waals surface area (Å²) in [5.74, 6) is -1.23. The molecule has 20 heavy (non-hydrogen) atoms. The molecule has 4 N–H and O–H groups in total. The van der Waals surface area contributed by atoms with E-state index < -0.39 is 5.97 Å². The summed E-state index contributed by atoms with van der Waals surface area (Å²) in [6, 6.07) is 8.48. The second-order valence-corrected chi connectivity index (χ2v) is 3.80. The van der Waals surface area contributed by atoms with Crippen LogP contribution in [0, 0.1) is 0 Å². The van der Waals surface area contributed by atoms with Crippen molar-refractivity contribution in [1.82, 2.24) is 0 Å². The Labute approximate surface area is 117 Å². The molecule has 1 aromatic rings. The Morgan fingerprint density at radius 3 is 2.55 bits per heavy atom. The van der Waals surface area contributed by atoms with Crippen molar-refractivity contribution in [1.29, 1.82) is 0 Å². The molecule has 0 atom stereocenters. The summed E-state index contributed by atoms with van der Waals surface area (Å²) < 4.78 is 4.87. The number of ether oxygens (including phenoxy) is 1. The number of benzene rings is 1. The average Bonchev–Trinajstić information content (AvgIpc) is 2.46. The van der Waals surface area contributed by atoms with E-state index in [1.165, 1.54) is 0 Å². The van der Waals surface area contributed by atoms with Crippen LogP contribution in [0.15, 0.2) is 40.9 Å². The Balaban J connectivity index is 3.25. The number of amidine groups is 1. The van der Waals surface area contributed by atoms with Crippen molar-refractivity contribution in [2.24, 2.45) is 10.7 Å². The third-order valence-electron chi connectivity index (χ3n) is 2.40. The van der Waals surface area contributed by atoms with E-state index in [9.17, 15) is 9.90 Å². The van der Waals surface area contributed by atoms with Crippen molar-refractivity contribution < 1.29 is 19.7 Å². The van der Waals surface area contributed by atoms with E-state index in [1.807, 2.05) is 0 Å². The predicted molar refractivity (Wildman–Crippen MR) is 76.2 cm³/mol. The summed E-state index contributed by atoms with van der Waals surface area (Å²) in [7, 11) is 0. The van der Waals surface area contributed by atoms with Gasteiger partial charge in [-0.15, -0.1) is 0 Å². The minimum Gasteiger partial charge on any atom is -0.506 e. The first-order valence-electron chi connectivity index (χ1n) is 6.18. The number of aliphatic imine (C=N–C) groups is 1. The van der Waals surface area contributed by atoms with Crippen LogP contribution in [0.4, 0.5) is 0 Å². The highest BCUT2D eigenvalue weighted by molar-refractivity contribution is 6.22. The molecule has 0 unspecified atom stereocenters. The van der Waals surface area contributed by atoms with Gasteiger partial charge < -0.3 is 20.7 Å². The monoisotopic (exact) mass is 278 g/mol. The van der Waals surface area contributed by atoms with Crippen molar-refractivity contribution in [3.8, 4) is 0 Å². The van der Waals surface area contributed by atoms with Crippen LogP contribution in [0.5, 0.6) is 0 Å². The van der Waals surface area contributed by atoms with Gasteiger partial charge >= 0.3 is 5.97 Å². The molecule has 0 aliphatic heterocycles. The van der Waals surface area contributed by atoms with Gasteiger partial charge in [0, 0.05) is 5.56 Å². The predicted octanol–water partition coefficient (Wildman–Crippen LogP) is 0.868. The topological polar surface area (TPSA) is 105 Å². The summed E-state index contributed by atoms with van der Waals surface area (Å²) in [5, 5.41) is 18.9. The molecule has 6 nitrogen and oxygen atoms in total. The Kier molecular flexibility index (Phi) is 6.25. The molecule has 0 bridgehead atoms. The van der Waals surface area contributed by atoms with Crippen LogP contribution < -0.4 is 5.73 Å². The van der Waals surface area contributed by atoms with Gasteiger partial charge in [0.05, 0.1) is 19.8 Å². The van der Waals surface area contributed by atoms with E-state index in [0.717, 1.165) is 0 Å². The van der Waals surface area contributed by atoms with Crippen LogP contribution in [0.1, 0.15) is 12.5 Å². The van der Waals surface area contributed by atoms with Gasteiger partial charge in [0.1, 0.15) is 17.2 Å². The number of aliphatic hydroxyl groups excluding tert-OH is 2. The summed E-state index contributed by atoms with van der Waals surface area (Å²) in [6.45, 7) is 1.63. The molecule has 0 amide bonds. The first-order valence-corrected chi connectivity index (χ1v) is 6.18. The van der Waals surface area contributed by atoms with Gasteiger partial charge in [0.25, 0.3) is 0 Å². The van der Waals surface area contributed by atoms with Crippen LogP contribution in [-0.2, 0) is 9.53 Å².